The first-order valence-electron chi connectivity index (χ1n) is 6.56. The van der Waals surface area contributed by atoms with Crippen molar-refractivity contribution in [3.05, 3.63) is 57.6 Å². The largest absolute Gasteiger partial charge is 0.493 e. The summed E-state index contributed by atoms with van der Waals surface area (Å²) in [5.74, 6) is 1.25. The average molecular weight is 300 g/mol. The van der Waals surface area contributed by atoms with Crippen molar-refractivity contribution in [2.24, 2.45) is 4.99 Å². The lowest BCUT2D eigenvalue weighted by Gasteiger charge is -2.10. The molecule has 0 bridgehead atoms. The van der Waals surface area contributed by atoms with E-state index in [1.54, 1.807) is 32.6 Å². The van der Waals surface area contributed by atoms with Crippen molar-refractivity contribution in [2.75, 3.05) is 14.2 Å². The second kappa shape index (κ2) is 6.71. The number of nitrogens with zero attached hydrogens (tertiary/aromatic N) is 2. The van der Waals surface area contributed by atoms with E-state index in [1.165, 1.54) is 12.1 Å². The Balaban J connectivity index is 2.34. The minimum Gasteiger partial charge on any atom is -0.493 e. The fourth-order valence-electron chi connectivity index (χ4n) is 1.97. The molecule has 0 aliphatic rings. The summed E-state index contributed by atoms with van der Waals surface area (Å²) in [6.45, 7) is 1.93. The van der Waals surface area contributed by atoms with Crippen LogP contribution in [0.25, 0.3) is 0 Å². The zero-order valence-electron chi connectivity index (χ0n) is 12.6. The number of benzene rings is 2. The molecule has 2 aromatic rings. The first-order valence-corrected chi connectivity index (χ1v) is 6.56. The van der Waals surface area contributed by atoms with Gasteiger partial charge in [0.15, 0.2) is 11.5 Å². The maximum atomic E-state index is 10.8. The molecule has 0 aliphatic carbocycles. The minimum absolute atomic E-state index is 0.0127. The Hall–Kier alpha value is -2.89. The number of aliphatic imine (C=N–C) groups is 1. The van der Waals surface area contributed by atoms with E-state index >= 15 is 0 Å². The van der Waals surface area contributed by atoms with E-state index in [0.717, 1.165) is 11.1 Å². The summed E-state index contributed by atoms with van der Waals surface area (Å²) in [4.78, 5) is 14.6. The topological polar surface area (TPSA) is 74.0 Å². The molecular formula is C16H16N2O4. The summed E-state index contributed by atoms with van der Waals surface area (Å²) in [7, 11) is 3.14. The molecule has 22 heavy (non-hydrogen) atoms. The van der Waals surface area contributed by atoms with Crippen LogP contribution < -0.4 is 9.47 Å². The third-order valence-electron chi connectivity index (χ3n) is 3.17. The van der Waals surface area contributed by atoms with E-state index in [1.807, 2.05) is 19.1 Å². The summed E-state index contributed by atoms with van der Waals surface area (Å²) < 4.78 is 10.5. The lowest BCUT2D eigenvalue weighted by molar-refractivity contribution is -0.384. The van der Waals surface area contributed by atoms with E-state index in [0.29, 0.717) is 17.2 Å². The molecule has 2 aromatic carbocycles. The Morgan fingerprint density at radius 3 is 2.45 bits per heavy atom. The Labute approximate surface area is 128 Å². The predicted molar refractivity (Wildman–Crippen MR) is 84.6 cm³/mol. The molecular weight excluding hydrogens is 284 g/mol. The van der Waals surface area contributed by atoms with Crippen LogP contribution in [0.4, 0.5) is 11.4 Å². The highest BCUT2D eigenvalue weighted by molar-refractivity contribution is 5.85. The van der Waals surface area contributed by atoms with E-state index < -0.39 is 4.92 Å². The number of non-ortho nitro benzene ring substituents is 1. The summed E-state index contributed by atoms with van der Waals surface area (Å²) in [6, 6.07) is 9.84. The van der Waals surface area contributed by atoms with Crippen LogP contribution in [0.3, 0.4) is 0 Å². The summed E-state index contributed by atoms with van der Waals surface area (Å²) in [6.07, 6.45) is 1.65. The second-order valence-electron chi connectivity index (χ2n) is 4.60. The molecule has 0 unspecified atom stereocenters. The van der Waals surface area contributed by atoms with Crippen LogP contribution in [-0.4, -0.2) is 25.4 Å². The number of hydrogen-bond acceptors (Lipinski definition) is 5. The standard InChI is InChI=1S/C16H16N2O4/c1-11-7-15(21-2)16(22-3)8-12(11)10-17-13-5-4-6-14(9-13)18(19)20/h4-10H,1-3H3. The molecule has 0 fully saturated rings. The summed E-state index contributed by atoms with van der Waals surface area (Å²) >= 11 is 0. The fraction of sp³-hybridized carbons (Fsp3) is 0.188. The van der Waals surface area contributed by atoms with Gasteiger partial charge in [-0.3, -0.25) is 15.1 Å². The molecule has 0 spiro atoms. The molecule has 0 N–H and O–H groups in total. The molecule has 0 heterocycles. The van der Waals surface area contributed by atoms with Gasteiger partial charge in [-0.05, 0) is 36.2 Å². The highest BCUT2D eigenvalue weighted by Gasteiger charge is 2.08. The van der Waals surface area contributed by atoms with Gasteiger partial charge in [0.05, 0.1) is 24.8 Å². The quantitative estimate of drug-likeness (QED) is 0.479. The molecule has 0 radical (unpaired) electrons. The molecule has 0 saturated heterocycles. The number of hydrogen-bond donors (Lipinski definition) is 0. The van der Waals surface area contributed by atoms with Gasteiger partial charge >= 0.3 is 0 Å². The molecule has 6 nitrogen and oxygen atoms in total. The predicted octanol–water partition coefficient (Wildman–Crippen LogP) is 3.67. The van der Waals surface area contributed by atoms with Gasteiger partial charge in [0.1, 0.15) is 0 Å². The number of nitro groups is 1. The maximum absolute atomic E-state index is 10.8. The van der Waals surface area contributed by atoms with Crippen molar-refractivity contribution in [3.63, 3.8) is 0 Å². The molecule has 114 valence electrons. The zero-order valence-corrected chi connectivity index (χ0v) is 12.6. The fourth-order valence-corrected chi connectivity index (χ4v) is 1.97. The normalized spacial score (nSPS) is 10.7. The van der Waals surface area contributed by atoms with Crippen molar-refractivity contribution in [1.29, 1.82) is 0 Å². The van der Waals surface area contributed by atoms with Crippen molar-refractivity contribution < 1.29 is 14.4 Å². The van der Waals surface area contributed by atoms with Crippen molar-refractivity contribution in [3.8, 4) is 11.5 Å². The first-order chi connectivity index (χ1) is 10.5. The SMILES string of the molecule is COc1cc(C)c(C=Nc2cccc([N+](=O)[O-])c2)cc1OC. The van der Waals surface area contributed by atoms with E-state index in [4.69, 9.17) is 9.47 Å². The highest BCUT2D eigenvalue weighted by atomic mass is 16.6. The van der Waals surface area contributed by atoms with E-state index in [-0.39, 0.29) is 5.69 Å². The van der Waals surface area contributed by atoms with Crippen LogP contribution >= 0.6 is 0 Å². The lowest BCUT2D eigenvalue weighted by atomic mass is 10.1. The van der Waals surface area contributed by atoms with Gasteiger partial charge < -0.3 is 9.47 Å². The average Bonchev–Trinajstić information content (AvgIpc) is 2.53. The van der Waals surface area contributed by atoms with Gasteiger partial charge in [-0.1, -0.05) is 6.07 Å². The van der Waals surface area contributed by atoms with Crippen LogP contribution in [0.2, 0.25) is 0 Å². The van der Waals surface area contributed by atoms with E-state index in [2.05, 4.69) is 4.99 Å². The van der Waals surface area contributed by atoms with Crippen LogP contribution in [0, 0.1) is 17.0 Å². The number of methoxy groups -OCH3 is 2. The molecule has 0 aliphatic heterocycles. The highest BCUT2D eigenvalue weighted by Crippen LogP contribution is 2.30. The minimum atomic E-state index is -0.444. The van der Waals surface area contributed by atoms with Crippen LogP contribution in [0.15, 0.2) is 41.4 Å². The monoisotopic (exact) mass is 300 g/mol. The Kier molecular flexibility index (Phi) is 4.73. The number of aryl methyl sites for hydroxylation is 1. The van der Waals surface area contributed by atoms with Crippen LogP contribution in [0.5, 0.6) is 11.5 Å². The molecule has 0 saturated carbocycles. The molecule has 0 aromatic heterocycles. The molecule has 0 amide bonds. The van der Waals surface area contributed by atoms with Crippen LogP contribution in [-0.2, 0) is 0 Å². The van der Waals surface area contributed by atoms with Crippen molar-refractivity contribution in [1.82, 2.24) is 0 Å². The Bertz CT molecular complexity index is 726. The molecule has 0 atom stereocenters. The lowest BCUT2D eigenvalue weighted by Crippen LogP contribution is -1.95. The second-order valence-corrected chi connectivity index (χ2v) is 4.60. The summed E-state index contributed by atoms with van der Waals surface area (Å²) in [5, 5.41) is 10.8. The maximum Gasteiger partial charge on any atom is 0.271 e. The van der Waals surface area contributed by atoms with Gasteiger partial charge in [-0.2, -0.15) is 0 Å². The zero-order chi connectivity index (χ0) is 16.1. The molecule has 2 rings (SSSR count). The molecule has 6 heteroatoms. The van der Waals surface area contributed by atoms with Gasteiger partial charge in [-0.15, -0.1) is 0 Å². The smallest absolute Gasteiger partial charge is 0.271 e. The Morgan fingerprint density at radius 1 is 1.14 bits per heavy atom. The Morgan fingerprint density at radius 2 is 1.82 bits per heavy atom. The van der Waals surface area contributed by atoms with Crippen LogP contribution in [0.1, 0.15) is 11.1 Å². The summed E-state index contributed by atoms with van der Waals surface area (Å²) in [5.41, 5.74) is 2.35. The first kappa shape index (κ1) is 15.5. The number of nitro benzene ring substituents is 1. The van der Waals surface area contributed by atoms with Gasteiger partial charge in [-0.25, -0.2) is 0 Å². The van der Waals surface area contributed by atoms with Crippen molar-refractivity contribution >= 4 is 17.6 Å². The van der Waals surface area contributed by atoms with E-state index in [9.17, 15) is 10.1 Å². The van der Waals surface area contributed by atoms with Gasteiger partial charge in [0, 0.05) is 18.3 Å². The number of rotatable bonds is 5. The van der Waals surface area contributed by atoms with Gasteiger partial charge in [0.2, 0.25) is 0 Å². The third kappa shape index (κ3) is 3.41. The van der Waals surface area contributed by atoms with Crippen molar-refractivity contribution in [2.45, 2.75) is 6.92 Å². The third-order valence-corrected chi connectivity index (χ3v) is 3.17. The number of ether oxygens (including phenoxy) is 2. The van der Waals surface area contributed by atoms with Gasteiger partial charge in [0.25, 0.3) is 5.69 Å².